The first-order chi connectivity index (χ1) is 5.34. The minimum absolute atomic E-state index is 0.181. The molecule has 0 saturated carbocycles. The largest absolute Gasteiger partial charge is 0.504 e. The molecule has 1 aromatic carbocycles. The highest BCUT2D eigenvalue weighted by atomic mass is 16.5. The second kappa shape index (κ2) is 5.59. The van der Waals surface area contributed by atoms with Gasteiger partial charge in [-0.3, -0.25) is 0 Å². The average molecular weight is 154 g/mol. The molecule has 0 fully saturated rings. The zero-order valence-corrected chi connectivity index (χ0v) is 7.16. The number of phenols is 1. The molecule has 2 nitrogen and oxygen atoms in total. The van der Waals surface area contributed by atoms with Gasteiger partial charge in [0.2, 0.25) is 0 Å². The number of rotatable bonds is 1. The van der Waals surface area contributed by atoms with Crippen molar-refractivity contribution in [1.29, 1.82) is 0 Å². The van der Waals surface area contributed by atoms with Crippen LogP contribution in [0.4, 0.5) is 0 Å². The first-order valence-corrected chi connectivity index (χ1v) is 3.66. The zero-order chi connectivity index (χ0) is 8.69. The highest BCUT2D eigenvalue weighted by Gasteiger charge is 1.94. The maximum absolute atomic E-state index is 8.99. The number of para-hydroxylation sites is 2. The first kappa shape index (κ1) is 9.82. The van der Waals surface area contributed by atoms with Crippen LogP contribution < -0.4 is 4.74 Å². The number of methoxy groups -OCH3 is 1. The Morgan fingerprint density at radius 2 is 1.73 bits per heavy atom. The molecule has 1 N–H and O–H groups in total. The van der Waals surface area contributed by atoms with Crippen molar-refractivity contribution in [3.05, 3.63) is 24.3 Å². The molecule has 11 heavy (non-hydrogen) atoms. The van der Waals surface area contributed by atoms with E-state index in [2.05, 4.69) is 0 Å². The third-order valence-corrected chi connectivity index (χ3v) is 1.09. The Bertz CT molecular complexity index is 197. The van der Waals surface area contributed by atoms with Crippen molar-refractivity contribution in [2.45, 2.75) is 13.8 Å². The number of hydrogen-bond donors (Lipinski definition) is 1. The van der Waals surface area contributed by atoms with Crippen molar-refractivity contribution >= 4 is 0 Å². The van der Waals surface area contributed by atoms with Crippen LogP contribution in [0, 0.1) is 0 Å². The third-order valence-electron chi connectivity index (χ3n) is 1.09. The van der Waals surface area contributed by atoms with Crippen LogP contribution in [0.1, 0.15) is 13.8 Å². The number of aromatic hydroxyl groups is 1. The summed E-state index contributed by atoms with van der Waals surface area (Å²) in [6.45, 7) is 4.00. The SMILES string of the molecule is CC.COc1ccccc1O. The fraction of sp³-hybridized carbons (Fsp3) is 0.333. The summed E-state index contributed by atoms with van der Waals surface area (Å²) in [4.78, 5) is 0. The van der Waals surface area contributed by atoms with E-state index in [0.29, 0.717) is 5.75 Å². The van der Waals surface area contributed by atoms with Gasteiger partial charge in [0.15, 0.2) is 11.5 Å². The van der Waals surface area contributed by atoms with Crippen LogP contribution in [0.15, 0.2) is 24.3 Å². The number of ether oxygens (including phenoxy) is 1. The van der Waals surface area contributed by atoms with Gasteiger partial charge in [0, 0.05) is 0 Å². The molecule has 0 radical (unpaired) electrons. The second-order valence-electron chi connectivity index (χ2n) is 1.67. The van der Waals surface area contributed by atoms with E-state index in [4.69, 9.17) is 9.84 Å². The van der Waals surface area contributed by atoms with Crippen molar-refractivity contribution in [2.24, 2.45) is 0 Å². The summed E-state index contributed by atoms with van der Waals surface area (Å²) in [5.74, 6) is 0.692. The lowest BCUT2D eigenvalue weighted by Crippen LogP contribution is -1.80. The lowest BCUT2D eigenvalue weighted by molar-refractivity contribution is 0.373. The quantitative estimate of drug-likeness (QED) is 0.673. The fourth-order valence-corrected chi connectivity index (χ4v) is 0.630. The molecular formula is C9H14O2. The van der Waals surface area contributed by atoms with Gasteiger partial charge in [-0.25, -0.2) is 0 Å². The molecule has 0 aliphatic rings. The predicted molar refractivity (Wildman–Crippen MR) is 46.0 cm³/mol. The lowest BCUT2D eigenvalue weighted by Gasteiger charge is -1.99. The van der Waals surface area contributed by atoms with E-state index in [1.807, 2.05) is 13.8 Å². The average Bonchev–Trinajstić information content (AvgIpc) is 2.09. The molecule has 0 heterocycles. The van der Waals surface area contributed by atoms with Crippen LogP contribution in [-0.2, 0) is 0 Å². The van der Waals surface area contributed by atoms with E-state index in [1.54, 1.807) is 24.3 Å². The molecule has 0 saturated heterocycles. The smallest absolute Gasteiger partial charge is 0.160 e. The third kappa shape index (κ3) is 2.94. The van der Waals surface area contributed by atoms with Gasteiger partial charge in [-0.1, -0.05) is 26.0 Å². The van der Waals surface area contributed by atoms with E-state index >= 15 is 0 Å². The van der Waals surface area contributed by atoms with Crippen molar-refractivity contribution in [3.63, 3.8) is 0 Å². The summed E-state index contributed by atoms with van der Waals surface area (Å²) in [6, 6.07) is 6.84. The molecule has 0 atom stereocenters. The summed E-state index contributed by atoms with van der Waals surface area (Å²) in [7, 11) is 1.52. The van der Waals surface area contributed by atoms with Gasteiger partial charge < -0.3 is 9.84 Å². The van der Waals surface area contributed by atoms with E-state index in [0.717, 1.165) is 0 Å². The molecule has 0 unspecified atom stereocenters. The topological polar surface area (TPSA) is 29.5 Å². The minimum Gasteiger partial charge on any atom is -0.504 e. The van der Waals surface area contributed by atoms with Crippen LogP contribution in [-0.4, -0.2) is 12.2 Å². The molecule has 0 aromatic heterocycles. The fourth-order valence-electron chi connectivity index (χ4n) is 0.630. The van der Waals surface area contributed by atoms with Crippen molar-refractivity contribution in [1.82, 2.24) is 0 Å². The summed E-state index contributed by atoms with van der Waals surface area (Å²) < 4.78 is 4.79. The molecule has 62 valence electrons. The molecule has 1 rings (SSSR count). The molecule has 0 spiro atoms. The Hall–Kier alpha value is -1.18. The highest BCUT2D eigenvalue weighted by Crippen LogP contribution is 2.22. The van der Waals surface area contributed by atoms with E-state index < -0.39 is 0 Å². The highest BCUT2D eigenvalue weighted by molar-refractivity contribution is 5.37. The molecule has 2 heteroatoms. The first-order valence-electron chi connectivity index (χ1n) is 3.66. The maximum Gasteiger partial charge on any atom is 0.160 e. The van der Waals surface area contributed by atoms with Gasteiger partial charge in [-0.05, 0) is 12.1 Å². The number of hydrogen-bond acceptors (Lipinski definition) is 2. The zero-order valence-electron chi connectivity index (χ0n) is 7.16. The van der Waals surface area contributed by atoms with Gasteiger partial charge in [0.05, 0.1) is 7.11 Å². The van der Waals surface area contributed by atoms with E-state index in [1.165, 1.54) is 7.11 Å². The molecule has 0 aliphatic carbocycles. The standard InChI is InChI=1S/C7H8O2.C2H6/c1-9-7-5-3-2-4-6(7)8;1-2/h2-5,8H,1H3;1-2H3. The Morgan fingerprint density at radius 3 is 2.09 bits per heavy atom. The van der Waals surface area contributed by atoms with Crippen molar-refractivity contribution in [3.8, 4) is 11.5 Å². The molecule has 0 amide bonds. The van der Waals surface area contributed by atoms with Gasteiger partial charge in [-0.2, -0.15) is 0 Å². The lowest BCUT2D eigenvalue weighted by atomic mass is 10.3. The molecule has 1 aromatic rings. The summed E-state index contributed by atoms with van der Waals surface area (Å²) in [5.41, 5.74) is 0. The Morgan fingerprint density at radius 1 is 1.18 bits per heavy atom. The van der Waals surface area contributed by atoms with Gasteiger partial charge in [0.1, 0.15) is 0 Å². The molecule has 0 aliphatic heterocycles. The minimum atomic E-state index is 0.181. The van der Waals surface area contributed by atoms with Crippen LogP contribution in [0.25, 0.3) is 0 Å². The van der Waals surface area contributed by atoms with Crippen LogP contribution >= 0.6 is 0 Å². The monoisotopic (exact) mass is 154 g/mol. The normalized spacial score (nSPS) is 7.91. The predicted octanol–water partition coefficient (Wildman–Crippen LogP) is 2.43. The summed E-state index contributed by atoms with van der Waals surface area (Å²) in [5, 5.41) is 8.99. The number of benzene rings is 1. The van der Waals surface area contributed by atoms with Crippen LogP contribution in [0.2, 0.25) is 0 Å². The van der Waals surface area contributed by atoms with Crippen LogP contribution in [0.3, 0.4) is 0 Å². The molecule has 0 bridgehead atoms. The maximum atomic E-state index is 8.99. The summed E-state index contributed by atoms with van der Waals surface area (Å²) >= 11 is 0. The van der Waals surface area contributed by atoms with Crippen LogP contribution in [0.5, 0.6) is 11.5 Å². The van der Waals surface area contributed by atoms with Crippen molar-refractivity contribution in [2.75, 3.05) is 7.11 Å². The molecular weight excluding hydrogens is 140 g/mol. The Balaban J connectivity index is 0.000000461. The van der Waals surface area contributed by atoms with Gasteiger partial charge in [0.25, 0.3) is 0 Å². The Labute approximate surface area is 67.4 Å². The van der Waals surface area contributed by atoms with E-state index in [-0.39, 0.29) is 5.75 Å². The van der Waals surface area contributed by atoms with Gasteiger partial charge in [-0.15, -0.1) is 0 Å². The number of phenolic OH excluding ortho intramolecular Hbond substituents is 1. The Kier molecular flexibility index (Phi) is 4.99. The van der Waals surface area contributed by atoms with Crippen molar-refractivity contribution < 1.29 is 9.84 Å². The second-order valence-corrected chi connectivity index (χ2v) is 1.67. The van der Waals surface area contributed by atoms with E-state index in [9.17, 15) is 0 Å². The van der Waals surface area contributed by atoms with Gasteiger partial charge >= 0.3 is 0 Å². The summed E-state index contributed by atoms with van der Waals surface area (Å²) in [6.07, 6.45) is 0.